The molecule has 0 unspecified atom stereocenters. The van der Waals surface area contributed by atoms with E-state index in [1.165, 1.54) is 0 Å². The maximum Gasteiger partial charge on any atom is 0.441 e. The summed E-state index contributed by atoms with van der Waals surface area (Å²) < 4.78 is 10.3. The summed E-state index contributed by atoms with van der Waals surface area (Å²) in [6.07, 6.45) is -0.0659. The first kappa shape index (κ1) is 19.3. The predicted octanol–water partition coefficient (Wildman–Crippen LogP) is 3.07. The molecule has 1 aromatic rings. The lowest BCUT2D eigenvalue weighted by Crippen LogP contribution is -2.47. The van der Waals surface area contributed by atoms with Crippen molar-refractivity contribution in [1.82, 2.24) is 15.4 Å². The van der Waals surface area contributed by atoms with Gasteiger partial charge in [-0.15, -0.1) is 5.01 Å². The summed E-state index contributed by atoms with van der Waals surface area (Å²) in [5.41, 5.74) is 1.26. The molecule has 7 heteroatoms. The monoisotopic (exact) mass is 333 g/mol. The highest BCUT2D eigenvalue weighted by Crippen LogP contribution is 2.10. The molecule has 0 bridgehead atoms. The number of nitrogens with zero attached hydrogens (tertiary/aromatic N) is 2. The van der Waals surface area contributed by atoms with Gasteiger partial charge in [0.05, 0.1) is 0 Å². The first-order chi connectivity index (χ1) is 11.0. The fourth-order valence-corrected chi connectivity index (χ4v) is 1.37. The molecule has 0 aliphatic rings. The van der Waals surface area contributed by atoms with Crippen LogP contribution in [0.5, 0.6) is 0 Å². The molecule has 1 aromatic heterocycles. The fourth-order valence-electron chi connectivity index (χ4n) is 1.37. The molecule has 0 atom stereocenters. The molecular weight excluding hydrogens is 310 g/mol. The summed E-state index contributed by atoms with van der Waals surface area (Å²) in [4.78, 5) is 28.1. The molecule has 0 fully saturated rings. The zero-order valence-electron chi connectivity index (χ0n) is 14.8. The molecule has 1 N–H and O–H groups in total. The van der Waals surface area contributed by atoms with E-state index in [1.54, 1.807) is 65.9 Å². The van der Waals surface area contributed by atoms with Crippen molar-refractivity contribution >= 4 is 12.2 Å². The molecule has 0 aromatic carbocycles. The van der Waals surface area contributed by atoms with Crippen molar-refractivity contribution in [3.63, 3.8) is 0 Å². The number of hydrogen-bond acceptors (Lipinski definition) is 5. The summed E-state index contributed by atoms with van der Waals surface area (Å²) in [7, 11) is 0. The molecule has 1 rings (SSSR count). The van der Waals surface area contributed by atoms with Gasteiger partial charge in [0.1, 0.15) is 16.9 Å². The Bertz CT molecular complexity index is 634. The van der Waals surface area contributed by atoms with Crippen molar-refractivity contribution in [2.75, 3.05) is 0 Å². The third-order valence-electron chi connectivity index (χ3n) is 2.14. The first-order valence-corrected chi connectivity index (χ1v) is 7.42. The zero-order chi connectivity index (χ0) is 18.4. The average Bonchev–Trinajstić information content (AvgIpc) is 2.40. The van der Waals surface area contributed by atoms with Gasteiger partial charge in [-0.05, 0) is 59.6 Å². The van der Waals surface area contributed by atoms with Crippen molar-refractivity contribution in [3.05, 3.63) is 30.1 Å². The van der Waals surface area contributed by atoms with E-state index in [9.17, 15) is 9.59 Å². The number of amides is 2. The normalized spacial score (nSPS) is 10.9. The molecular formula is C17H23N3O4. The van der Waals surface area contributed by atoms with Crippen molar-refractivity contribution in [1.29, 1.82) is 0 Å². The van der Waals surface area contributed by atoms with Gasteiger partial charge in [-0.1, -0.05) is 6.07 Å². The van der Waals surface area contributed by atoms with Gasteiger partial charge in [0.25, 0.3) is 0 Å². The van der Waals surface area contributed by atoms with E-state index in [0.29, 0.717) is 5.69 Å². The smallest absolute Gasteiger partial charge is 0.441 e. The third-order valence-corrected chi connectivity index (χ3v) is 2.14. The maximum atomic E-state index is 12.2. The van der Waals surface area contributed by atoms with Crippen molar-refractivity contribution in [2.24, 2.45) is 0 Å². The molecule has 0 aliphatic carbocycles. The van der Waals surface area contributed by atoms with Gasteiger partial charge < -0.3 is 9.47 Å². The van der Waals surface area contributed by atoms with Crippen molar-refractivity contribution in [2.45, 2.75) is 52.7 Å². The Morgan fingerprint density at radius 1 is 1.08 bits per heavy atom. The summed E-state index contributed by atoms with van der Waals surface area (Å²) >= 11 is 0. The minimum absolute atomic E-state index is 0.442. The van der Waals surface area contributed by atoms with Gasteiger partial charge in [-0.3, -0.25) is 0 Å². The van der Waals surface area contributed by atoms with Crippen LogP contribution in [0.25, 0.3) is 0 Å². The largest absolute Gasteiger partial charge is 0.443 e. The lowest BCUT2D eigenvalue weighted by molar-refractivity contribution is 0.0142. The minimum atomic E-state index is -0.822. The Balaban J connectivity index is 2.93. The van der Waals surface area contributed by atoms with Crippen LogP contribution in [0.2, 0.25) is 0 Å². The molecule has 24 heavy (non-hydrogen) atoms. The Hall–Kier alpha value is -2.75. The number of hydrazine groups is 1. The Morgan fingerprint density at radius 2 is 1.71 bits per heavy atom. The van der Waals surface area contributed by atoms with Gasteiger partial charge in [-0.2, -0.15) is 0 Å². The van der Waals surface area contributed by atoms with Gasteiger partial charge in [0.15, 0.2) is 0 Å². The van der Waals surface area contributed by atoms with Crippen LogP contribution in [0.4, 0.5) is 9.59 Å². The quantitative estimate of drug-likeness (QED) is 0.448. The van der Waals surface area contributed by atoms with E-state index in [1.807, 2.05) is 0 Å². The highest BCUT2D eigenvalue weighted by atomic mass is 16.6. The number of hydrogen-bond donors (Lipinski definition) is 1. The summed E-state index contributed by atoms with van der Waals surface area (Å²) in [6, 6.07) is 7.69. The standard InChI is InChI=1S/C17H23N3O4/c1-16(2,3)23-14(21)19-20(15(22)24-17(4,5)6)12-10-13-9-7-8-11-18-13/h7-9,11H,1-6H3,(H,19,21). The predicted molar refractivity (Wildman–Crippen MR) is 88.6 cm³/mol. The van der Waals surface area contributed by atoms with Crippen LogP contribution in [0, 0.1) is 12.0 Å². The molecule has 130 valence electrons. The number of ether oxygens (including phenoxy) is 2. The van der Waals surface area contributed by atoms with E-state index < -0.39 is 23.4 Å². The van der Waals surface area contributed by atoms with E-state index >= 15 is 0 Å². The van der Waals surface area contributed by atoms with Crippen LogP contribution in [-0.2, 0) is 9.47 Å². The van der Waals surface area contributed by atoms with Crippen LogP contribution in [-0.4, -0.2) is 33.4 Å². The zero-order valence-corrected chi connectivity index (χ0v) is 14.8. The molecule has 0 aliphatic heterocycles. The number of carbonyl (C=O) groups is 2. The second-order valence-electron chi connectivity index (χ2n) is 6.88. The SMILES string of the molecule is CC(C)(C)OC(=O)NN(C#Cc1ccccn1)C(=O)OC(C)(C)C. The number of carbonyl (C=O) groups excluding carboxylic acids is 2. The Labute approximate surface area is 142 Å². The highest BCUT2D eigenvalue weighted by molar-refractivity contribution is 5.76. The summed E-state index contributed by atoms with van der Waals surface area (Å²) in [6.45, 7) is 10.3. The van der Waals surface area contributed by atoms with Crippen molar-refractivity contribution < 1.29 is 19.1 Å². The van der Waals surface area contributed by atoms with Crippen LogP contribution >= 0.6 is 0 Å². The topological polar surface area (TPSA) is 80.8 Å². The minimum Gasteiger partial charge on any atom is -0.443 e. The van der Waals surface area contributed by atoms with Crippen LogP contribution in [0.1, 0.15) is 47.2 Å². The van der Waals surface area contributed by atoms with Gasteiger partial charge in [0, 0.05) is 12.2 Å². The van der Waals surface area contributed by atoms with Crippen LogP contribution < -0.4 is 5.43 Å². The molecule has 0 radical (unpaired) electrons. The molecule has 0 spiro atoms. The first-order valence-electron chi connectivity index (χ1n) is 7.42. The average molecular weight is 333 g/mol. The second-order valence-corrected chi connectivity index (χ2v) is 6.88. The highest BCUT2D eigenvalue weighted by Gasteiger charge is 2.25. The molecule has 2 amide bonds. The summed E-state index contributed by atoms with van der Waals surface area (Å²) in [5.74, 6) is 2.67. The number of nitrogens with one attached hydrogen (secondary N) is 1. The Kier molecular flexibility index (Phi) is 6.18. The van der Waals surface area contributed by atoms with E-state index in [0.717, 1.165) is 5.01 Å². The van der Waals surface area contributed by atoms with Gasteiger partial charge in [0.2, 0.25) is 0 Å². The van der Waals surface area contributed by atoms with Crippen LogP contribution in [0.15, 0.2) is 24.4 Å². The fraction of sp³-hybridized carbons (Fsp3) is 0.471. The maximum absolute atomic E-state index is 12.2. The number of rotatable bonds is 0. The van der Waals surface area contributed by atoms with Gasteiger partial charge in [-0.25, -0.2) is 20.0 Å². The summed E-state index contributed by atoms with van der Waals surface area (Å²) in [5, 5.41) is 0.744. The van der Waals surface area contributed by atoms with E-state index in [-0.39, 0.29) is 0 Å². The van der Waals surface area contributed by atoms with E-state index in [2.05, 4.69) is 22.4 Å². The van der Waals surface area contributed by atoms with E-state index in [4.69, 9.17) is 9.47 Å². The second kappa shape index (κ2) is 7.68. The molecule has 0 saturated heterocycles. The van der Waals surface area contributed by atoms with Crippen molar-refractivity contribution in [3.8, 4) is 12.0 Å². The third kappa shape index (κ3) is 8.03. The van der Waals surface area contributed by atoms with Crippen LogP contribution in [0.3, 0.4) is 0 Å². The molecule has 0 saturated carbocycles. The number of aromatic nitrogens is 1. The lowest BCUT2D eigenvalue weighted by atomic mass is 10.2. The number of pyridine rings is 1. The molecule has 7 nitrogen and oxygen atoms in total. The Morgan fingerprint density at radius 3 is 2.21 bits per heavy atom. The van der Waals surface area contributed by atoms with Gasteiger partial charge >= 0.3 is 12.2 Å². The molecule has 1 heterocycles. The lowest BCUT2D eigenvalue weighted by Gasteiger charge is -2.25.